The molecule has 0 N–H and O–H groups in total. The van der Waals surface area contributed by atoms with E-state index >= 15 is 0 Å². The van der Waals surface area contributed by atoms with E-state index in [-0.39, 0.29) is 49.0 Å². The zero-order chi connectivity index (χ0) is 21.9. The van der Waals surface area contributed by atoms with Gasteiger partial charge < -0.3 is 9.80 Å². The van der Waals surface area contributed by atoms with E-state index in [9.17, 15) is 4.79 Å². The summed E-state index contributed by atoms with van der Waals surface area (Å²) in [6, 6.07) is 11.1. The van der Waals surface area contributed by atoms with Crippen LogP contribution in [0.25, 0.3) is 33.1 Å². The van der Waals surface area contributed by atoms with E-state index in [4.69, 9.17) is 4.98 Å². The molecule has 1 saturated heterocycles. The van der Waals surface area contributed by atoms with Crippen LogP contribution >= 0.6 is 37.2 Å². The smallest absolute Gasteiger partial charge is 0.329 e. The standard InChI is InChI=1S/C24H28N6O.3ClH/c1-15(2)30-23-19-10-16(6-8-20(19)25-12-21(23)28(5)24(30)31)17-7-9-22(26-11-17)29-13-18(14-29)27(3)4;;;/h6-12,15,18H,13-14H2,1-5H3;3*1H. The normalized spacial score (nSPS) is 13.6. The van der Waals surface area contributed by atoms with E-state index in [1.165, 1.54) is 0 Å². The van der Waals surface area contributed by atoms with Gasteiger partial charge in [-0.15, -0.1) is 37.2 Å². The Bertz CT molecular complexity index is 1340. The monoisotopic (exact) mass is 524 g/mol. The van der Waals surface area contributed by atoms with Gasteiger partial charge in [0.05, 0.1) is 22.7 Å². The highest BCUT2D eigenvalue weighted by Gasteiger charge is 2.29. The minimum Gasteiger partial charge on any atom is -0.353 e. The number of pyridine rings is 2. The van der Waals surface area contributed by atoms with Gasteiger partial charge in [0.25, 0.3) is 0 Å². The van der Waals surface area contributed by atoms with Gasteiger partial charge in [0, 0.05) is 49.4 Å². The fourth-order valence-corrected chi connectivity index (χ4v) is 4.40. The maximum Gasteiger partial charge on any atom is 0.329 e. The van der Waals surface area contributed by atoms with Crippen LogP contribution in [0.4, 0.5) is 5.82 Å². The third-order valence-corrected chi connectivity index (χ3v) is 6.43. The van der Waals surface area contributed by atoms with Crippen molar-refractivity contribution in [1.29, 1.82) is 0 Å². The lowest BCUT2D eigenvalue weighted by Crippen LogP contribution is -2.57. The Hall–Kier alpha value is -2.32. The molecule has 184 valence electrons. The summed E-state index contributed by atoms with van der Waals surface area (Å²) in [6.45, 7) is 6.10. The fraction of sp³-hybridized carbons (Fsp3) is 0.375. The van der Waals surface area contributed by atoms with Crippen molar-refractivity contribution in [2.75, 3.05) is 32.1 Å². The molecule has 7 nitrogen and oxygen atoms in total. The molecule has 0 atom stereocenters. The summed E-state index contributed by atoms with van der Waals surface area (Å²) in [5, 5.41) is 0.988. The van der Waals surface area contributed by atoms with Crippen molar-refractivity contribution < 1.29 is 0 Å². The predicted octanol–water partition coefficient (Wildman–Crippen LogP) is 4.55. The van der Waals surface area contributed by atoms with Crippen LogP contribution in [0.2, 0.25) is 0 Å². The molecule has 0 bridgehead atoms. The Balaban J connectivity index is 0.00000136. The molecule has 0 amide bonds. The van der Waals surface area contributed by atoms with Crippen LogP contribution in [0.1, 0.15) is 19.9 Å². The SMILES string of the molecule is CC(C)n1c(=O)n(C)c2cnc3ccc(-c4ccc(N5CC(N(C)C)C5)nc4)cc3c21.Cl.Cl.Cl. The number of imidazole rings is 1. The molecule has 1 aromatic carbocycles. The van der Waals surface area contributed by atoms with Crippen molar-refractivity contribution in [2.24, 2.45) is 7.05 Å². The highest BCUT2D eigenvalue weighted by Crippen LogP contribution is 2.30. The van der Waals surface area contributed by atoms with Gasteiger partial charge in [0.1, 0.15) is 5.82 Å². The maximum atomic E-state index is 12.8. The van der Waals surface area contributed by atoms with E-state index in [1.54, 1.807) is 17.8 Å². The lowest BCUT2D eigenvalue weighted by molar-refractivity contribution is 0.246. The minimum atomic E-state index is -0.0127. The molecule has 3 aromatic heterocycles. The number of hydrogen-bond acceptors (Lipinski definition) is 5. The Kier molecular flexibility index (Phi) is 8.64. The number of aryl methyl sites for hydroxylation is 1. The second-order valence-corrected chi connectivity index (χ2v) is 8.96. The predicted molar refractivity (Wildman–Crippen MR) is 148 cm³/mol. The quantitative estimate of drug-likeness (QED) is 0.391. The first kappa shape index (κ1) is 27.9. The van der Waals surface area contributed by atoms with Crippen LogP contribution < -0.4 is 10.6 Å². The topological polar surface area (TPSA) is 59.2 Å². The van der Waals surface area contributed by atoms with Crippen molar-refractivity contribution in [3.8, 4) is 11.1 Å². The highest BCUT2D eigenvalue weighted by molar-refractivity contribution is 6.04. The summed E-state index contributed by atoms with van der Waals surface area (Å²) in [7, 11) is 6.05. The Morgan fingerprint density at radius 3 is 2.24 bits per heavy atom. The molecular weight excluding hydrogens is 495 g/mol. The molecular formula is C24H31Cl3N6O. The van der Waals surface area contributed by atoms with Crippen molar-refractivity contribution in [3.05, 3.63) is 53.2 Å². The first-order chi connectivity index (χ1) is 14.8. The van der Waals surface area contributed by atoms with Gasteiger partial charge in [-0.2, -0.15) is 0 Å². The van der Waals surface area contributed by atoms with Crippen molar-refractivity contribution >= 4 is 65.0 Å². The van der Waals surface area contributed by atoms with E-state index in [0.29, 0.717) is 6.04 Å². The second kappa shape index (κ2) is 10.5. The number of anilines is 1. The van der Waals surface area contributed by atoms with Gasteiger partial charge in [-0.05, 0) is 57.8 Å². The summed E-state index contributed by atoms with van der Waals surface area (Å²) < 4.78 is 3.54. The number of benzene rings is 1. The summed E-state index contributed by atoms with van der Waals surface area (Å²) >= 11 is 0. The maximum absolute atomic E-state index is 12.8. The Labute approximate surface area is 218 Å². The summed E-state index contributed by atoms with van der Waals surface area (Å²) in [5.41, 5.74) is 4.79. The van der Waals surface area contributed by atoms with Gasteiger partial charge in [-0.1, -0.05) is 6.07 Å². The molecule has 0 unspecified atom stereocenters. The lowest BCUT2D eigenvalue weighted by Gasteiger charge is -2.43. The number of fused-ring (bicyclic) bond motifs is 3. The molecule has 34 heavy (non-hydrogen) atoms. The van der Waals surface area contributed by atoms with Crippen LogP contribution in [0.15, 0.2) is 47.5 Å². The highest BCUT2D eigenvalue weighted by atomic mass is 35.5. The molecule has 1 fully saturated rings. The summed E-state index contributed by atoms with van der Waals surface area (Å²) in [4.78, 5) is 26.7. The number of rotatable bonds is 4. The van der Waals surface area contributed by atoms with Gasteiger partial charge >= 0.3 is 5.69 Å². The lowest BCUT2D eigenvalue weighted by atomic mass is 10.0. The first-order valence-corrected chi connectivity index (χ1v) is 10.7. The second-order valence-electron chi connectivity index (χ2n) is 8.96. The van der Waals surface area contributed by atoms with E-state index in [0.717, 1.165) is 52.0 Å². The van der Waals surface area contributed by atoms with Crippen LogP contribution in [-0.2, 0) is 7.05 Å². The number of nitrogens with zero attached hydrogens (tertiary/aromatic N) is 6. The molecule has 10 heteroatoms. The van der Waals surface area contributed by atoms with Gasteiger partial charge in [0.15, 0.2) is 0 Å². The Morgan fingerprint density at radius 2 is 1.65 bits per heavy atom. The van der Waals surface area contributed by atoms with Crippen molar-refractivity contribution in [1.82, 2.24) is 24.0 Å². The van der Waals surface area contributed by atoms with E-state index < -0.39 is 0 Å². The molecule has 4 aromatic rings. The summed E-state index contributed by atoms with van der Waals surface area (Å²) in [6.07, 6.45) is 3.73. The van der Waals surface area contributed by atoms with Crippen molar-refractivity contribution in [3.63, 3.8) is 0 Å². The average molecular weight is 526 g/mol. The van der Waals surface area contributed by atoms with E-state index in [2.05, 4.69) is 53.1 Å². The minimum absolute atomic E-state index is 0. The zero-order valence-corrected chi connectivity index (χ0v) is 22.4. The van der Waals surface area contributed by atoms with Gasteiger partial charge in [0.2, 0.25) is 0 Å². The van der Waals surface area contributed by atoms with Crippen LogP contribution in [0.5, 0.6) is 0 Å². The molecule has 4 heterocycles. The molecule has 0 spiro atoms. The molecule has 1 aliphatic rings. The largest absolute Gasteiger partial charge is 0.353 e. The summed E-state index contributed by atoms with van der Waals surface area (Å²) in [5.74, 6) is 1.02. The number of likely N-dealkylation sites (N-methyl/N-ethyl adjacent to an activating group) is 1. The fourth-order valence-electron chi connectivity index (χ4n) is 4.40. The molecule has 5 rings (SSSR count). The first-order valence-electron chi connectivity index (χ1n) is 10.7. The number of aromatic nitrogens is 4. The molecule has 1 aliphatic heterocycles. The van der Waals surface area contributed by atoms with Crippen molar-refractivity contribution in [2.45, 2.75) is 25.9 Å². The average Bonchev–Trinajstić information content (AvgIpc) is 2.98. The molecule has 0 aliphatic carbocycles. The van der Waals surface area contributed by atoms with Crippen LogP contribution in [-0.4, -0.2) is 57.2 Å². The zero-order valence-electron chi connectivity index (χ0n) is 19.9. The molecule has 0 saturated carbocycles. The van der Waals surface area contributed by atoms with Crippen LogP contribution in [0, 0.1) is 0 Å². The third kappa shape index (κ3) is 4.50. The third-order valence-electron chi connectivity index (χ3n) is 6.43. The van der Waals surface area contributed by atoms with Gasteiger partial charge in [-0.3, -0.25) is 14.1 Å². The van der Waals surface area contributed by atoms with Gasteiger partial charge in [-0.25, -0.2) is 9.78 Å². The molecule has 0 radical (unpaired) electrons. The van der Waals surface area contributed by atoms with E-state index in [1.807, 2.05) is 30.7 Å². The Morgan fingerprint density at radius 1 is 0.971 bits per heavy atom. The van der Waals surface area contributed by atoms with Crippen LogP contribution in [0.3, 0.4) is 0 Å². The number of halogens is 3. The number of hydrogen-bond donors (Lipinski definition) is 0.